The molecule has 0 amide bonds. The molecule has 0 radical (unpaired) electrons. The van der Waals surface area contributed by atoms with Gasteiger partial charge in [-0.1, -0.05) is 36.1 Å². The Hall–Kier alpha value is -1.81. The van der Waals surface area contributed by atoms with Gasteiger partial charge >= 0.3 is 0 Å². The lowest BCUT2D eigenvalue weighted by molar-refractivity contribution is 1.46. The monoisotopic (exact) mass is 183 g/mol. The van der Waals surface area contributed by atoms with E-state index in [1.54, 1.807) is 13.3 Å². The first kappa shape index (κ1) is 10.3. The molecular formula is C13H13N. The minimum Gasteiger partial charge on any atom is -0.295 e. The molecule has 1 aromatic rings. The molecule has 1 nitrogen and oxygen atoms in total. The number of hydrogen-bond donors (Lipinski definition) is 0. The maximum Gasteiger partial charge on any atom is 0.0384 e. The zero-order valence-electron chi connectivity index (χ0n) is 8.49. The number of rotatable bonds is 1. The zero-order chi connectivity index (χ0) is 10.2. The molecule has 1 aromatic carbocycles. The van der Waals surface area contributed by atoms with E-state index in [1.807, 2.05) is 43.3 Å². The van der Waals surface area contributed by atoms with Crippen LogP contribution in [-0.4, -0.2) is 13.3 Å². The molecule has 0 aromatic heterocycles. The van der Waals surface area contributed by atoms with E-state index in [4.69, 9.17) is 0 Å². The van der Waals surface area contributed by atoms with E-state index in [1.165, 1.54) is 0 Å². The van der Waals surface area contributed by atoms with Crippen LogP contribution in [0.25, 0.3) is 0 Å². The number of aliphatic imine (C=N–C) groups is 1. The van der Waals surface area contributed by atoms with Crippen LogP contribution >= 0.6 is 0 Å². The van der Waals surface area contributed by atoms with Gasteiger partial charge < -0.3 is 0 Å². The Bertz CT molecular complexity index is 388. The van der Waals surface area contributed by atoms with Crippen molar-refractivity contribution in [1.29, 1.82) is 0 Å². The molecule has 0 aliphatic heterocycles. The van der Waals surface area contributed by atoms with Gasteiger partial charge in [-0.3, -0.25) is 4.99 Å². The molecule has 0 N–H and O–H groups in total. The molecule has 1 heteroatoms. The molecule has 14 heavy (non-hydrogen) atoms. The second-order valence-electron chi connectivity index (χ2n) is 2.75. The number of benzene rings is 1. The fraction of sp³-hybridized carbons (Fsp3) is 0.154. The molecule has 70 valence electrons. The second-order valence-corrected chi connectivity index (χ2v) is 2.75. The summed E-state index contributed by atoms with van der Waals surface area (Å²) in [5, 5.41) is 0. The van der Waals surface area contributed by atoms with Crippen LogP contribution < -0.4 is 0 Å². The smallest absolute Gasteiger partial charge is 0.0384 e. The van der Waals surface area contributed by atoms with Gasteiger partial charge in [0.2, 0.25) is 0 Å². The number of nitrogens with zero attached hydrogens (tertiary/aromatic N) is 1. The number of hydrogen-bond acceptors (Lipinski definition) is 1. The van der Waals surface area contributed by atoms with E-state index < -0.39 is 0 Å². The predicted molar refractivity (Wildman–Crippen MR) is 61.5 cm³/mol. The largest absolute Gasteiger partial charge is 0.295 e. The van der Waals surface area contributed by atoms with E-state index in [-0.39, 0.29) is 0 Å². The average molecular weight is 183 g/mol. The van der Waals surface area contributed by atoms with Crippen LogP contribution in [0.1, 0.15) is 12.5 Å². The lowest BCUT2D eigenvalue weighted by Crippen LogP contribution is -1.79. The van der Waals surface area contributed by atoms with E-state index >= 15 is 0 Å². The molecule has 0 aliphatic rings. The summed E-state index contributed by atoms with van der Waals surface area (Å²) < 4.78 is 0. The molecule has 0 spiro atoms. The third kappa shape index (κ3) is 3.28. The Morgan fingerprint density at radius 2 is 2.00 bits per heavy atom. The van der Waals surface area contributed by atoms with Crippen LogP contribution in [0.2, 0.25) is 0 Å². The first-order chi connectivity index (χ1) is 6.86. The Morgan fingerprint density at radius 1 is 1.29 bits per heavy atom. The Balaban J connectivity index is 2.82. The highest BCUT2D eigenvalue weighted by Gasteiger charge is 1.84. The van der Waals surface area contributed by atoms with Crippen molar-refractivity contribution in [1.82, 2.24) is 0 Å². The second kappa shape index (κ2) is 5.77. The molecule has 0 saturated heterocycles. The normalized spacial score (nSPS) is 11.1. The molecule has 0 saturated carbocycles. The van der Waals surface area contributed by atoms with Crippen LogP contribution in [0.4, 0.5) is 0 Å². The predicted octanol–water partition coefficient (Wildman–Crippen LogP) is 2.69. The lowest BCUT2D eigenvalue weighted by atomic mass is 10.2. The molecule has 0 atom stereocenters. The summed E-state index contributed by atoms with van der Waals surface area (Å²) in [6.45, 7) is 1.96. The Labute approximate surface area is 85.2 Å². The van der Waals surface area contributed by atoms with Gasteiger partial charge in [0.05, 0.1) is 0 Å². The van der Waals surface area contributed by atoms with Crippen LogP contribution in [-0.2, 0) is 0 Å². The molecule has 0 heterocycles. The SMILES string of the molecule is C/C=C(C#Cc1ccccc1)\C=N/C. The maximum atomic E-state index is 3.92. The zero-order valence-corrected chi connectivity index (χ0v) is 8.49. The van der Waals surface area contributed by atoms with Crippen molar-refractivity contribution in [3.63, 3.8) is 0 Å². The van der Waals surface area contributed by atoms with Gasteiger partial charge in [0.1, 0.15) is 0 Å². The molecule has 0 unspecified atom stereocenters. The summed E-state index contributed by atoms with van der Waals surface area (Å²) in [5.41, 5.74) is 1.97. The van der Waals surface area contributed by atoms with Crippen LogP contribution in [0.3, 0.4) is 0 Å². The summed E-state index contributed by atoms with van der Waals surface area (Å²) in [4.78, 5) is 3.92. The van der Waals surface area contributed by atoms with E-state index in [0.29, 0.717) is 0 Å². The first-order valence-corrected chi connectivity index (χ1v) is 4.52. The van der Waals surface area contributed by atoms with E-state index in [9.17, 15) is 0 Å². The van der Waals surface area contributed by atoms with Gasteiger partial charge in [-0.25, -0.2) is 0 Å². The van der Waals surface area contributed by atoms with Gasteiger partial charge in [0, 0.05) is 24.4 Å². The highest BCUT2D eigenvalue weighted by molar-refractivity contribution is 5.84. The van der Waals surface area contributed by atoms with E-state index in [0.717, 1.165) is 11.1 Å². The summed E-state index contributed by atoms with van der Waals surface area (Å²) in [7, 11) is 1.74. The van der Waals surface area contributed by atoms with Gasteiger partial charge in [0.25, 0.3) is 0 Å². The third-order valence-corrected chi connectivity index (χ3v) is 1.70. The van der Waals surface area contributed by atoms with Crippen molar-refractivity contribution in [2.75, 3.05) is 7.05 Å². The fourth-order valence-corrected chi connectivity index (χ4v) is 0.984. The van der Waals surface area contributed by atoms with Gasteiger partial charge in [0.15, 0.2) is 0 Å². The standard InChI is InChI=1S/C13H13N/c1-3-12(11-14-2)9-10-13-7-5-4-6-8-13/h3-8,11H,1-2H3/b12-3-,14-11-. The highest BCUT2D eigenvalue weighted by Crippen LogP contribution is 1.96. The topological polar surface area (TPSA) is 12.4 Å². The maximum absolute atomic E-state index is 3.92. The molecule has 0 fully saturated rings. The lowest BCUT2D eigenvalue weighted by Gasteiger charge is -1.87. The van der Waals surface area contributed by atoms with Gasteiger partial charge in [-0.15, -0.1) is 0 Å². The van der Waals surface area contributed by atoms with Crippen LogP contribution in [0.5, 0.6) is 0 Å². The van der Waals surface area contributed by atoms with Crippen LogP contribution in [0.15, 0.2) is 47.0 Å². The number of allylic oxidation sites excluding steroid dienone is 2. The molecular weight excluding hydrogens is 170 g/mol. The Kier molecular flexibility index (Phi) is 4.23. The molecule has 0 aliphatic carbocycles. The summed E-state index contributed by atoms with van der Waals surface area (Å²) >= 11 is 0. The van der Waals surface area contributed by atoms with Crippen molar-refractivity contribution in [2.45, 2.75) is 6.92 Å². The molecule has 0 bridgehead atoms. The van der Waals surface area contributed by atoms with Crippen molar-refractivity contribution in [2.24, 2.45) is 4.99 Å². The van der Waals surface area contributed by atoms with Crippen LogP contribution in [0, 0.1) is 11.8 Å². The van der Waals surface area contributed by atoms with E-state index in [2.05, 4.69) is 16.8 Å². The summed E-state index contributed by atoms with van der Waals surface area (Å²) in [6.07, 6.45) is 3.71. The summed E-state index contributed by atoms with van der Waals surface area (Å²) in [6, 6.07) is 9.92. The quantitative estimate of drug-likeness (QED) is 0.469. The van der Waals surface area contributed by atoms with Crippen molar-refractivity contribution < 1.29 is 0 Å². The molecule has 1 rings (SSSR count). The minimum absolute atomic E-state index is 0.941. The Morgan fingerprint density at radius 3 is 2.57 bits per heavy atom. The van der Waals surface area contributed by atoms with Gasteiger partial charge in [-0.05, 0) is 19.1 Å². The first-order valence-electron chi connectivity index (χ1n) is 4.52. The summed E-state index contributed by atoms with van der Waals surface area (Å²) in [5.74, 6) is 6.12. The highest BCUT2D eigenvalue weighted by atomic mass is 14.6. The fourth-order valence-electron chi connectivity index (χ4n) is 0.984. The van der Waals surface area contributed by atoms with Gasteiger partial charge in [-0.2, -0.15) is 0 Å². The van der Waals surface area contributed by atoms with Crippen molar-refractivity contribution >= 4 is 6.21 Å². The minimum atomic E-state index is 0.941. The average Bonchev–Trinajstić information content (AvgIpc) is 2.25. The third-order valence-electron chi connectivity index (χ3n) is 1.70. The van der Waals surface area contributed by atoms with Crippen molar-refractivity contribution in [3.8, 4) is 11.8 Å². The van der Waals surface area contributed by atoms with Crippen molar-refractivity contribution in [3.05, 3.63) is 47.5 Å².